The van der Waals surface area contributed by atoms with E-state index in [4.69, 9.17) is 9.79 Å². The van der Waals surface area contributed by atoms with Crippen molar-refractivity contribution in [3.8, 4) is 0 Å². The van der Waals surface area contributed by atoms with Gasteiger partial charge in [0.05, 0.1) is 7.11 Å². The largest absolute Gasteiger partial charge is 0.466 e. The van der Waals surface area contributed by atoms with Crippen molar-refractivity contribution in [3.63, 3.8) is 0 Å². The van der Waals surface area contributed by atoms with Crippen LogP contribution in [0.2, 0.25) is 0 Å². The van der Waals surface area contributed by atoms with Crippen molar-refractivity contribution in [2.24, 2.45) is 0 Å². The van der Waals surface area contributed by atoms with Crippen LogP contribution >= 0.6 is 7.60 Å². The lowest BCUT2D eigenvalue weighted by Gasteiger charge is -1.92. The Morgan fingerprint density at radius 3 is 2.40 bits per heavy atom. The first-order valence-electron chi connectivity index (χ1n) is 2.28. The number of hydrogen-bond donors (Lipinski definition) is 2. The molecule has 0 radical (unpaired) electrons. The lowest BCUT2D eigenvalue weighted by atomic mass is 10.7. The number of esters is 1. The molecule has 0 fully saturated rings. The predicted molar refractivity (Wildman–Crippen MR) is 33.2 cm³/mol. The van der Waals surface area contributed by atoms with Gasteiger partial charge in [-0.15, -0.1) is 0 Å². The monoisotopic (exact) mass is 166 g/mol. The van der Waals surface area contributed by atoms with Gasteiger partial charge in [-0.25, -0.2) is 4.79 Å². The highest BCUT2D eigenvalue weighted by atomic mass is 31.2. The molecule has 0 aliphatic carbocycles. The third kappa shape index (κ3) is 5.50. The van der Waals surface area contributed by atoms with Crippen molar-refractivity contribution >= 4 is 13.6 Å². The van der Waals surface area contributed by atoms with Crippen LogP contribution in [-0.4, -0.2) is 22.9 Å². The highest BCUT2D eigenvalue weighted by molar-refractivity contribution is 7.55. The summed E-state index contributed by atoms with van der Waals surface area (Å²) in [6, 6.07) is 0. The summed E-state index contributed by atoms with van der Waals surface area (Å²) >= 11 is 0. The summed E-state index contributed by atoms with van der Waals surface area (Å²) in [6.45, 7) is 0. The second-order valence-corrected chi connectivity index (χ2v) is 2.90. The van der Waals surface area contributed by atoms with Gasteiger partial charge in [-0.05, 0) is 0 Å². The Kier molecular flexibility index (Phi) is 3.28. The summed E-state index contributed by atoms with van der Waals surface area (Å²) < 4.78 is 14.1. The van der Waals surface area contributed by atoms with Crippen molar-refractivity contribution < 1.29 is 23.9 Å². The molecule has 0 aromatic carbocycles. The third-order valence-corrected chi connectivity index (χ3v) is 1.14. The number of ether oxygens (including phenoxy) is 1. The van der Waals surface area contributed by atoms with Gasteiger partial charge in [0.1, 0.15) is 0 Å². The van der Waals surface area contributed by atoms with Crippen LogP contribution in [0.25, 0.3) is 0 Å². The van der Waals surface area contributed by atoms with E-state index in [-0.39, 0.29) is 0 Å². The number of hydrogen-bond acceptors (Lipinski definition) is 3. The molecule has 0 bridgehead atoms. The molecule has 0 aliphatic heterocycles. The fraction of sp³-hybridized carbons (Fsp3) is 0.250. The van der Waals surface area contributed by atoms with Crippen LogP contribution in [0, 0.1) is 0 Å². The van der Waals surface area contributed by atoms with E-state index >= 15 is 0 Å². The SMILES string of the molecule is COC(=O)C=CP(=O)(O)O. The average molecular weight is 166 g/mol. The minimum absolute atomic E-state index is 0.485. The quantitative estimate of drug-likeness (QED) is 0.338. The molecule has 10 heavy (non-hydrogen) atoms. The van der Waals surface area contributed by atoms with Gasteiger partial charge in [0, 0.05) is 11.9 Å². The van der Waals surface area contributed by atoms with Crippen molar-refractivity contribution in [3.05, 3.63) is 11.9 Å². The first-order chi connectivity index (χ1) is 4.45. The van der Waals surface area contributed by atoms with E-state index in [0.717, 1.165) is 7.11 Å². The summed E-state index contributed by atoms with van der Waals surface area (Å²) in [7, 11) is -3.10. The molecule has 0 unspecified atom stereocenters. The average Bonchev–Trinajstić information content (AvgIpc) is 1.81. The van der Waals surface area contributed by atoms with Crippen LogP contribution in [0.15, 0.2) is 11.9 Å². The minimum atomic E-state index is -4.21. The van der Waals surface area contributed by atoms with Crippen LogP contribution < -0.4 is 0 Å². The van der Waals surface area contributed by atoms with E-state index in [1.165, 1.54) is 0 Å². The van der Waals surface area contributed by atoms with Gasteiger partial charge < -0.3 is 14.5 Å². The highest BCUT2D eigenvalue weighted by Gasteiger charge is 2.06. The molecule has 0 saturated carbocycles. The Bertz CT molecular complexity index is 190. The lowest BCUT2D eigenvalue weighted by Crippen LogP contribution is -1.93. The van der Waals surface area contributed by atoms with Crippen molar-refractivity contribution in [2.45, 2.75) is 0 Å². The summed E-state index contributed by atoms with van der Waals surface area (Å²) in [4.78, 5) is 26.6. The molecule has 0 amide bonds. The van der Waals surface area contributed by atoms with Gasteiger partial charge in [0.15, 0.2) is 0 Å². The second kappa shape index (κ2) is 3.51. The molecule has 6 heteroatoms. The molecule has 0 aliphatic rings. The van der Waals surface area contributed by atoms with E-state index < -0.39 is 13.6 Å². The summed E-state index contributed by atoms with van der Waals surface area (Å²) in [5, 5.41) is 0. The Morgan fingerprint density at radius 1 is 1.60 bits per heavy atom. The highest BCUT2D eigenvalue weighted by Crippen LogP contribution is 2.35. The molecule has 0 aromatic heterocycles. The Balaban J connectivity index is 4.01. The van der Waals surface area contributed by atoms with Gasteiger partial charge in [-0.2, -0.15) is 0 Å². The van der Waals surface area contributed by atoms with Crippen LogP contribution in [0.1, 0.15) is 0 Å². The molecular formula is C4H7O5P. The first kappa shape index (κ1) is 9.36. The van der Waals surface area contributed by atoms with E-state index in [9.17, 15) is 9.36 Å². The number of carbonyl (C=O) groups excluding carboxylic acids is 1. The van der Waals surface area contributed by atoms with Crippen molar-refractivity contribution in [1.29, 1.82) is 0 Å². The zero-order valence-electron chi connectivity index (χ0n) is 5.22. The zero-order chi connectivity index (χ0) is 8.20. The Morgan fingerprint density at radius 2 is 2.10 bits per heavy atom. The standard InChI is InChI=1S/C4H7O5P/c1-9-4(5)2-3-10(6,7)8/h2-3H,1H3,(H2,6,7,8). The van der Waals surface area contributed by atoms with Crippen LogP contribution in [0.3, 0.4) is 0 Å². The second-order valence-electron chi connectivity index (χ2n) is 1.43. The Hall–Kier alpha value is -0.640. The maximum absolute atomic E-state index is 10.2. The summed E-state index contributed by atoms with van der Waals surface area (Å²) in [5.41, 5.74) is 0. The molecule has 0 spiro atoms. The van der Waals surface area contributed by atoms with E-state index in [1.807, 2.05) is 0 Å². The van der Waals surface area contributed by atoms with Gasteiger partial charge in [0.25, 0.3) is 0 Å². The van der Waals surface area contributed by atoms with E-state index in [1.54, 1.807) is 0 Å². The number of rotatable bonds is 2. The molecular weight excluding hydrogens is 159 g/mol. The van der Waals surface area contributed by atoms with E-state index in [2.05, 4.69) is 4.74 Å². The Labute approximate surface area is 57.5 Å². The fourth-order valence-electron chi connectivity index (χ4n) is 0.226. The van der Waals surface area contributed by atoms with Gasteiger partial charge >= 0.3 is 13.6 Å². The first-order valence-corrected chi connectivity index (χ1v) is 3.96. The van der Waals surface area contributed by atoms with Crippen LogP contribution in [0.5, 0.6) is 0 Å². The molecule has 0 rings (SSSR count). The fourth-order valence-corrected chi connectivity index (χ4v) is 0.542. The van der Waals surface area contributed by atoms with Crippen molar-refractivity contribution in [2.75, 3.05) is 7.11 Å². The van der Waals surface area contributed by atoms with Crippen molar-refractivity contribution in [1.82, 2.24) is 0 Å². The summed E-state index contributed by atoms with van der Waals surface area (Å²) in [6.07, 6.45) is 0.681. The van der Waals surface area contributed by atoms with Crippen LogP contribution in [0.4, 0.5) is 0 Å². The lowest BCUT2D eigenvalue weighted by molar-refractivity contribution is -0.134. The maximum Gasteiger partial charge on any atom is 0.349 e. The summed E-state index contributed by atoms with van der Waals surface area (Å²) in [5.74, 6) is -0.304. The molecule has 58 valence electrons. The third-order valence-electron chi connectivity index (χ3n) is 0.606. The molecule has 0 heterocycles. The number of methoxy groups -OCH3 is 1. The molecule has 0 saturated heterocycles. The zero-order valence-corrected chi connectivity index (χ0v) is 6.12. The topological polar surface area (TPSA) is 83.8 Å². The molecule has 0 aromatic rings. The predicted octanol–water partition coefficient (Wildman–Crippen LogP) is -0.149. The molecule has 0 atom stereocenters. The maximum atomic E-state index is 10.2. The van der Waals surface area contributed by atoms with Gasteiger partial charge in [-0.1, -0.05) is 0 Å². The number of carbonyl (C=O) groups is 1. The smallest absolute Gasteiger partial charge is 0.349 e. The molecule has 2 N–H and O–H groups in total. The van der Waals surface area contributed by atoms with Gasteiger partial charge in [0.2, 0.25) is 0 Å². The van der Waals surface area contributed by atoms with E-state index in [0.29, 0.717) is 11.9 Å². The van der Waals surface area contributed by atoms with Crippen LogP contribution in [-0.2, 0) is 14.1 Å². The minimum Gasteiger partial charge on any atom is -0.466 e. The normalized spacial score (nSPS) is 11.9. The van der Waals surface area contributed by atoms with Gasteiger partial charge in [-0.3, -0.25) is 4.57 Å². The molecule has 5 nitrogen and oxygen atoms in total.